The van der Waals surface area contributed by atoms with Crippen molar-refractivity contribution in [2.24, 2.45) is 0 Å². The van der Waals surface area contributed by atoms with Crippen molar-refractivity contribution in [1.29, 1.82) is 0 Å². The van der Waals surface area contributed by atoms with E-state index < -0.39 is 5.97 Å². The maximum Gasteiger partial charge on any atom is 0.364 e. The van der Waals surface area contributed by atoms with Crippen molar-refractivity contribution < 1.29 is 19.0 Å². The summed E-state index contributed by atoms with van der Waals surface area (Å²) in [6.45, 7) is 2.36. The zero-order chi connectivity index (χ0) is 22.7. The van der Waals surface area contributed by atoms with Gasteiger partial charge in [-0.15, -0.1) is 5.10 Å². The van der Waals surface area contributed by atoms with E-state index in [1.807, 2.05) is 36.4 Å². The summed E-state index contributed by atoms with van der Waals surface area (Å²) in [5.74, 6) is 0.498. The van der Waals surface area contributed by atoms with Gasteiger partial charge in [-0.05, 0) is 60.7 Å². The summed E-state index contributed by atoms with van der Waals surface area (Å²) in [5, 5.41) is 9.28. The van der Waals surface area contributed by atoms with Crippen molar-refractivity contribution in [2.75, 3.05) is 13.7 Å². The highest BCUT2D eigenvalue weighted by atomic mass is 35.5. The van der Waals surface area contributed by atoms with Crippen LogP contribution in [0.1, 0.15) is 40.5 Å². The maximum atomic E-state index is 12.5. The summed E-state index contributed by atoms with van der Waals surface area (Å²) in [5.41, 5.74) is 3.28. The van der Waals surface area contributed by atoms with Gasteiger partial charge in [0.1, 0.15) is 11.9 Å². The van der Waals surface area contributed by atoms with E-state index in [0.717, 1.165) is 35.3 Å². The van der Waals surface area contributed by atoms with Gasteiger partial charge in [-0.1, -0.05) is 40.5 Å². The number of hydrogen-bond acceptors (Lipinski definition) is 6. The van der Waals surface area contributed by atoms with Crippen molar-refractivity contribution in [2.45, 2.75) is 38.8 Å². The number of esters is 1. The van der Waals surface area contributed by atoms with Crippen molar-refractivity contribution in [3.63, 3.8) is 0 Å². The summed E-state index contributed by atoms with van der Waals surface area (Å²) >= 11 is 12.4. The van der Waals surface area contributed by atoms with E-state index in [-0.39, 0.29) is 18.4 Å². The van der Waals surface area contributed by atoms with Crippen LogP contribution in [0.2, 0.25) is 10.0 Å². The summed E-state index contributed by atoms with van der Waals surface area (Å²) in [4.78, 5) is 12.5. The third-order valence-electron chi connectivity index (χ3n) is 5.35. The SMILES string of the molecule is CCOC(=O)c1nnn(Cc2ccc(OC)cc2)c1OC1CCc2cc(Cl)c(Cl)cc2C1. The minimum atomic E-state index is -0.561. The van der Waals surface area contributed by atoms with Gasteiger partial charge in [0, 0.05) is 6.42 Å². The molecule has 0 saturated heterocycles. The Balaban J connectivity index is 1.59. The molecular weight excluding hydrogens is 453 g/mol. The van der Waals surface area contributed by atoms with Gasteiger partial charge >= 0.3 is 5.97 Å². The lowest BCUT2D eigenvalue weighted by Gasteiger charge is -2.26. The Morgan fingerprint density at radius 1 is 1.16 bits per heavy atom. The number of ether oxygens (including phenoxy) is 3. The standard InChI is InChI=1S/C23H23Cl2N3O4/c1-3-31-23(29)21-22(28(27-26-21)13-14-4-7-17(30-2)8-5-14)32-18-9-6-15-11-19(24)20(25)12-16(15)10-18/h4-5,7-8,11-12,18H,3,6,9-10,13H2,1-2H3. The van der Waals surface area contributed by atoms with Gasteiger partial charge in [0.05, 0.1) is 30.3 Å². The molecule has 1 unspecified atom stereocenters. The molecule has 9 heteroatoms. The number of benzene rings is 2. The Morgan fingerprint density at radius 2 is 1.88 bits per heavy atom. The number of aryl methyl sites for hydroxylation is 1. The molecule has 1 aromatic heterocycles. The molecule has 168 valence electrons. The smallest absolute Gasteiger partial charge is 0.364 e. The number of aromatic nitrogens is 3. The molecule has 1 heterocycles. The number of carbonyl (C=O) groups excluding carboxylic acids is 1. The quantitative estimate of drug-likeness (QED) is 0.458. The largest absolute Gasteiger partial charge is 0.497 e. The second-order valence-electron chi connectivity index (χ2n) is 7.49. The summed E-state index contributed by atoms with van der Waals surface area (Å²) < 4.78 is 18.3. The van der Waals surface area contributed by atoms with E-state index in [1.165, 1.54) is 0 Å². The van der Waals surface area contributed by atoms with Crippen LogP contribution in [0.15, 0.2) is 36.4 Å². The maximum absolute atomic E-state index is 12.5. The average Bonchev–Trinajstić information content (AvgIpc) is 3.17. The summed E-state index contributed by atoms with van der Waals surface area (Å²) in [6, 6.07) is 11.4. The van der Waals surface area contributed by atoms with E-state index in [4.69, 9.17) is 37.4 Å². The first kappa shape index (κ1) is 22.4. The van der Waals surface area contributed by atoms with Crippen molar-refractivity contribution in [3.05, 3.63) is 68.8 Å². The molecule has 2 aromatic carbocycles. The fourth-order valence-corrected chi connectivity index (χ4v) is 4.10. The number of rotatable bonds is 7. The zero-order valence-electron chi connectivity index (χ0n) is 17.8. The second-order valence-corrected chi connectivity index (χ2v) is 8.30. The molecule has 0 N–H and O–H groups in total. The van der Waals surface area contributed by atoms with Gasteiger partial charge < -0.3 is 14.2 Å². The van der Waals surface area contributed by atoms with Gasteiger partial charge in [0.2, 0.25) is 11.6 Å². The zero-order valence-corrected chi connectivity index (χ0v) is 19.3. The third kappa shape index (κ3) is 4.84. The monoisotopic (exact) mass is 475 g/mol. The van der Waals surface area contributed by atoms with E-state index in [9.17, 15) is 4.79 Å². The van der Waals surface area contributed by atoms with Crippen molar-refractivity contribution >= 4 is 29.2 Å². The minimum Gasteiger partial charge on any atom is -0.497 e. The Kier molecular flexibility index (Phi) is 6.86. The Morgan fingerprint density at radius 3 is 2.56 bits per heavy atom. The van der Waals surface area contributed by atoms with E-state index in [0.29, 0.717) is 28.9 Å². The highest BCUT2D eigenvalue weighted by Gasteiger charge is 2.28. The number of halogens is 2. The van der Waals surface area contributed by atoms with Crippen LogP contribution in [0.3, 0.4) is 0 Å². The Labute approximate surface area is 196 Å². The van der Waals surface area contributed by atoms with Crippen molar-refractivity contribution in [1.82, 2.24) is 15.0 Å². The molecule has 0 fully saturated rings. The van der Waals surface area contributed by atoms with Gasteiger partial charge in [-0.25, -0.2) is 9.48 Å². The molecule has 3 aromatic rings. The van der Waals surface area contributed by atoms with Crippen LogP contribution in [0.25, 0.3) is 0 Å². The van der Waals surface area contributed by atoms with Crippen LogP contribution < -0.4 is 9.47 Å². The molecule has 0 aliphatic heterocycles. The summed E-state index contributed by atoms with van der Waals surface area (Å²) in [7, 11) is 1.62. The number of nitrogens with zero attached hydrogens (tertiary/aromatic N) is 3. The normalized spacial score (nSPS) is 15.2. The fourth-order valence-electron chi connectivity index (χ4n) is 3.73. The van der Waals surface area contributed by atoms with Crippen LogP contribution in [0.4, 0.5) is 0 Å². The average molecular weight is 476 g/mol. The Bertz CT molecular complexity index is 1120. The molecule has 32 heavy (non-hydrogen) atoms. The molecule has 0 bridgehead atoms. The first-order chi connectivity index (χ1) is 15.5. The third-order valence-corrected chi connectivity index (χ3v) is 6.08. The molecule has 1 atom stereocenters. The number of fused-ring (bicyclic) bond motifs is 1. The van der Waals surface area contributed by atoms with E-state index in [1.54, 1.807) is 18.7 Å². The minimum absolute atomic E-state index is 0.0697. The molecule has 0 radical (unpaired) electrons. The van der Waals surface area contributed by atoms with Crippen LogP contribution in [-0.2, 0) is 24.1 Å². The predicted molar refractivity (Wildman–Crippen MR) is 121 cm³/mol. The van der Waals surface area contributed by atoms with Gasteiger partial charge in [0.15, 0.2) is 0 Å². The van der Waals surface area contributed by atoms with Crippen LogP contribution in [0.5, 0.6) is 11.6 Å². The van der Waals surface area contributed by atoms with Crippen molar-refractivity contribution in [3.8, 4) is 11.6 Å². The number of hydrogen-bond donors (Lipinski definition) is 0. The van der Waals surface area contributed by atoms with Gasteiger partial charge in [0.25, 0.3) is 0 Å². The lowest BCUT2D eigenvalue weighted by Crippen LogP contribution is -2.27. The lowest BCUT2D eigenvalue weighted by atomic mass is 9.90. The molecular formula is C23H23Cl2N3O4. The topological polar surface area (TPSA) is 75.5 Å². The number of carbonyl (C=O) groups is 1. The molecule has 0 saturated carbocycles. The van der Waals surface area contributed by atoms with Gasteiger partial charge in [-0.3, -0.25) is 0 Å². The molecule has 1 aliphatic carbocycles. The highest BCUT2D eigenvalue weighted by molar-refractivity contribution is 6.42. The molecule has 0 spiro atoms. The molecule has 0 amide bonds. The highest BCUT2D eigenvalue weighted by Crippen LogP contribution is 2.32. The second kappa shape index (κ2) is 9.79. The Hall–Kier alpha value is -2.77. The van der Waals surface area contributed by atoms with Gasteiger partial charge in [-0.2, -0.15) is 0 Å². The first-order valence-corrected chi connectivity index (χ1v) is 11.1. The fraction of sp³-hybridized carbons (Fsp3) is 0.348. The molecule has 7 nitrogen and oxygen atoms in total. The lowest BCUT2D eigenvalue weighted by molar-refractivity contribution is 0.0509. The molecule has 1 aliphatic rings. The van der Waals surface area contributed by atoms with Crippen LogP contribution >= 0.6 is 23.2 Å². The first-order valence-electron chi connectivity index (χ1n) is 10.4. The van der Waals surface area contributed by atoms with Crippen LogP contribution in [0, 0.1) is 0 Å². The van der Waals surface area contributed by atoms with E-state index >= 15 is 0 Å². The number of methoxy groups -OCH3 is 1. The van der Waals surface area contributed by atoms with Crippen LogP contribution in [-0.4, -0.2) is 40.8 Å². The predicted octanol–water partition coefficient (Wildman–Crippen LogP) is 4.75. The molecule has 4 rings (SSSR count). The van der Waals surface area contributed by atoms with E-state index in [2.05, 4.69) is 10.3 Å². The summed E-state index contributed by atoms with van der Waals surface area (Å²) in [6.07, 6.45) is 2.04.